The lowest BCUT2D eigenvalue weighted by Crippen LogP contribution is -2.53. The Morgan fingerprint density at radius 3 is 2.47 bits per heavy atom. The second kappa shape index (κ2) is 7.74. The lowest BCUT2D eigenvalue weighted by Gasteiger charge is -2.43. The third kappa shape index (κ3) is 4.01. The largest absolute Gasteiger partial charge is 0.374 e. The van der Waals surface area contributed by atoms with E-state index in [1.807, 2.05) is 6.92 Å². The maximum atomic E-state index is 6.15. The summed E-state index contributed by atoms with van der Waals surface area (Å²) in [6.07, 6.45) is 7.22. The maximum Gasteiger partial charge on any atom is 0.0843 e. The highest BCUT2D eigenvalue weighted by Gasteiger charge is 2.39. The standard InChI is InChI=1S/C15H27NO/c1-4-7-11-14(16-5-2)15(17-6-3)12-9-8-10-13-15/h14,16H,5-6,8-13H2,1-3H3. The van der Waals surface area contributed by atoms with Crippen LogP contribution in [0, 0.1) is 11.8 Å². The Hall–Kier alpha value is -0.520. The first-order valence-corrected chi connectivity index (χ1v) is 7.06. The van der Waals surface area contributed by atoms with E-state index in [0.29, 0.717) is 6.04 Å². The second-order valence-corrected chi connectivity index (χ2v) is 4.80. The molecule has 98 valence electrons. The van der Waals surface area contributed by atoms with Gasteiger partial charge in [-0.25, -0.2) is 0 Å². The highest BCUT2D eigenvalue weighted by Crippen LogP contribution is 2.35. The predicted octanol–water partition coefficient (Wildman–Crippen LogP) is 3.12. The Morgan fingerprint density at radius 1 is 1.24 bits per heavy atom. The van der Waals surface area contributed by atoms with E-state index in [1.54, 1.807) is 0 Å². The summed E-state index contributed by atoms with van der Waals surface area (Å²) >= 11 is 0. The van der Waals surface area contributed by atoms with Crippen LogP contribution in [0.4, 0.5) is 0 Å². The van der Waals surface area contributed by atoms with Gasteiger partial charge in [0, 0.05) is 19.1 Å². The number of hydrogen-bond donors (Lipinski definition) is 1. The zero-order valence-electron chi connectivity index (χ0n) is 11.6. The molecular weight excluding hydrogens is 210 g/mol. The van der Waals surface area contributed by atoms with Gasteiger partial charge in [0.1, 0.15) is 0 Å². The van der Waals surface area contributed by atoms with Crippen molar-refractivity contribution in [2.24, 2.45) is 0 Å². The number of likely N-dealkylation sites (N-methyl/N-ethyl adjacent to an activating group) is 1. The first kappa shape index (κ1) is 14.5. The Kier molecular flexibility index (Phi) is 6.62. The molecule has 17 heavy (non-hydrogen) atoms. The van der Waals surface area contributed by atoms with Crippen LogP contribution in [0.25, 0.3) is 0 Å². The molecule has 0 heterocycles. The van der Waals surface area contributed by atoms with E-state index in [2.05, 4.69) is 31.0 Å². The van der Waals surface area contributed by atoms with Crippen molar-refractivity contribution >= 4 is 0 Å². The Bertz CT molecular complexity index is 252. The maximum absolute atomic E-state index is 6.15. The quantitative estimate of drug-likeness (QED) is 0.717. The molecule has 1 fully saturated rings. The molecule has 1 unspecified atom stereocenters. The molecule has 1 atom stereocenters. The molecule has 1 aliphatic carbocycles. The molecule has 2 heteroatoms. The molecule has 0 spiro atoms. The van der Waals surface area contributed by atoms with E-state index in [1.165, 1.54) is 32.1 Å². The smallest absolute Gasteiger partial charge is 0.0843 e. The van der Waals surface area contributed by atoms with Crippen LogP contribution in [-0.2, 0) is 4.74 Å². The molecule has 0 bridgehead atoms. The fourth-order valence-corrected chi connectivity index (χ4v) is 2.93. The predicted molar refractivity (Wildman–Crippen MR) is 73.0 cm³/mol. The molecule has 0 aromatic heterocycles. The average Bonchev–Trinajstić information content (AvgIpc) is 2.36. The van der Waals surface area contributed by atoms with Crippen molar-refractivity contribution in [3.8, 4) is 11.8 Å². The minimum absolute atomic E-state index is 0.0346. The highest BCUT2D eigenvalue weighted by atomic mass is 16.5. The fraction of sp³-hybridized carbons (Fsp3) is 0.867. The van der Waals surface area contributed by atoms with Gasteiger partial charge in [-0.05, 0) is 33.2 Å². The third-order valence-corrected chi connectivity index (χ3v) is 3.70. The van der Waals surface area contributed by atoms with Gasteiger partial charge in [-0.3, -0.25) is 0 Å². The van der Waals surface area contributed by atoms with E-state index in [-0.39, 0.29) is 5.60 Å². The zero-order valence-corrected chi connectivity index (χ0v) is 11.6. The van der Waals surface area contributed by atoms with Gasteiger partial charge in [0.2, 0.25) is 0 Å². The molecule has 1 rings (SSSR count). The van der Waals surface area contributed by atoms with Crippen LogP contribution >= 0.6 is 0 Å². The van der Waals surface area contributed by atoms with Crippen LogP contribution in [0.2, 0.25) is 0 Å². The van der Waals surface area contributed by atoms with Crippen LogP contribution in [0.5, 0.6) is 0 Å². The highest BCUT2D eigenvalue weighted by molar-refractivity contribution is 5.05. The van der Waals surface area contributed by atoms with E-state index >= 15 is 0 Å². The van der Waals surface area contributed by atoms with Gasteiger partial charge in [0.25, 0.3) is 0 Å². The average molecular weight is 237 g/mol. The van der Waals surface area contributed by atoms with E-state index in [0.717, 1.165) is 19.6 Å². The summed E-state index contributed by atoms with van der Waals surface area (Å²) in [5, 5.41) is 3.59. The normalized spacial score (nSPS) is 20.4. The molecule has 2 nitrogen and oxygen atoms in total. The second-order valence-electron chi connectivity index (χ2n) is 4.80. The van der Waals surface area contributed by atoms with Crippen molar-refractivity contribution < 1.29 is 4.74 Å². The molecule has 0 aromatic rings. The van der Waals surface area contributed by atoms with Gasteiger partial charge in [-0.2, -0.15) is 0 Å². The fourth-order valence-electron chi connectivity index (χ4n) is 2.93. The summed E-state index contributed by atoms with van der Waals surface area (Å²) in [5.74, 6) is 6.23. The Morgan fingerprint density at radius 2 is 1.94 bits per heavy atom. The lowest BCUT2D eigenvalue weighted by molar-refractivity contribution is -0.0885. The SMILES string of the molecule is CC#CCC(NCC)C1(OCC)CCCCC1. The topological polar surface area (TPSA) is 21.3 Å². The van der Waals surface area contributed by atoms with Crippen LogP contribution in [-0.4, -0.2) is 24.8 Å². The van der Waals surface area contributed by atoms with Crippen LogP contribution in [0.3, 0.4) is 0 Å². The third-order valence-electron chi connectivity index (χ3n) is 3.70. The number of rotatable bonds is 6. The van der Waals surface area contributed by atoms with Crippen molar-refractivity contribution in [3.05, 3.63) is 0 Å². The zero-order chi connectivity index (χ0) is 12.6. The summed E-state index contributed by atoms with van der Waals surface area (Å²) < 4.78 is 6.15. The summed E-state index contributed by atoms with van der Waals surface area (Å²) in [6.45, 7) is 7.98. The molecule has 1 saturated carbocycles. The van der Waals surface area contributed by atoms with Crippen LogP contribution in [0.1, 0.15) is 59.3 Å². The first-order valence-electron chi connectivity index (χ1n) is 7.06. The van der Waals surface area contributed by atoms with E-state index in [4.69, 9.17) is 4.74 Å². The molecule has 0 saturated heterocycles. The van der Waals surface area contributed by atoms with Gasteiger partial charge in [0.05, 0.1) is 5.60 Å². The monoisotopic (exact) mass is 237 g/mol. The van der Waals surface area contributed by atoms with E-state index in [9.17, 15) is 0 Å². The molecule has 0 amide bonds. The lowest BCUT2D eigenvalue weighted by atomic mass is 9.78. The van der Waals surface area contributed by atoms with Gasteiger partial charge >= 0.3 is 0 Å². The minimum Gasteiger partial charge on any atom is -0.374 e. The van der Waals surface area contributed by atoms with E-state index < -0.39 is 0 Å². The van der Waals surface area contributed by atoms with Gasteiger partial charge < -0.3 is 10.1 Å². The Labute approximate surface area is 107 Å². The van der Waals surface area contributed by atoms with Crippen LogP contribution in [0.15, 0.2) is 0 Å². The summed E-state index contributed by atoms with van der Waals surface area (Å²) in [6, 6.07) is 0.389. The van der Waals surface area contributed by atoms with Crippen molar-refractivity contribution in [2.45, 2.75) is 70.9 Å². The molecule has 1 aliphatic rings. The number of ether oxygens (including phenoxy) is 1. The molecule has 1 N–H and O–H groups in total. The first-order chi connectivity index (χ1) is 8.29. The van der Waals surface area contributed by atoms with Gasteiger partial charge in [0.15, 0.2) is 0 Å². The van der Waals surface area contributed by atoms with Gasteiger partial charge in [-0.15, -0.1) is 11.8 Å². The van der Waals surface area contributed by atoms with Crippen molar-refractivity contribution in [1.82, 2.24) is 5.32 Å². The van der Waals surface area contributed by atoms with Crippen molar-refractivity contribution in [1.29, 1.82) is 0 Å². The van der Waals surface area contributed by atoms with Crippen molar-refractivity contribution in [2.75, 3.05) is 13.2 Å². The molecular formula is C15H27NO. The molecule has 0 aromatic carbocycles. The summed E-state index contributed by atoms with van der Waals surface area (Å²) in [7, 11) is 0. The summed E-state index contributed by atoms with van der Waals surface area (Å²) in [4.78, 5) is 0. The minimum atomic E-state index is 0.0346. The number of hydrogen-bond acceptors (Lipinski definition) is 2. The summed E-state index contributed by atoms with van der Waals surface area (Å²) in [5.41, 5.74) is 0.0346. The van der Waals surface area contributed by atoms with Crippen LogP contribution < -0.4 is 5.32 Å². The molecule has 0 radical (unpaired) electrons. The Balaban J connectivity index is 2.76. The van der Waals surface area contributed by atoms with Crippen molar-refractivity contribution in [3.63, 3.8) is 0 Å². The number of nitrogens with one attached hydrogen (secondary N) is 1. The van der Waals surface area contributed by atoms with Gasteiger partial charge in [-0.1, -0.05) is 26.2 Å². The molecule has 0 aliphatic heterocycles.